The molecule has 0 fully saturated rings. The summed E-state index contributed by atoms with van der Waals surface area (Å²) >= 11 is 19.5. The summed E-state index contributed by atoms with van der Waals surface area (Å²) in [6.07, 6.45) is 0. The van der Waals surface area contributed by atoms with Gasteiger partial charge in [0.15, 0.2) is 5.16 Å². The normalized spacial score (nSPS) is 12.3. The molecule has 2 aromatic carbocycles. The maximum Gasteiger partial charge on any atom is 0.237 e. The fraction of sp³-hybridized carbons (Fsp3) is 0.263. The molecule has 9 heteroatoms. The highest BCUT2D eigenvalue weighted by atomic mass is 35.5. The lowest BCUT2D eigenvalue weighted by molar-refractivity contribution is -0.115. The predicted molar refractivity (Wildman–Crippen MR) is 117 cm³/mol. The number of thioether (sulfide) groups is 1. The number of fused-ring (bicyclic) bond motifs is 1. The number of halogens is 3. The SMILES string of the molecule is COCCn1c(SC(C)C(=O)Nc2cc(Cl)c(Cl)cc2Cl)nc2ccccc21. The molecule has 0 aliphatic heterocycles. The maximum atomic E-state index is 12.7. The van der Waals surface area contributed by atoms with Crippen molar-refractivity contribution in [3.63, 3.8) is 0 Å². The van der Waals surface area contributed by atoms with Crippen LogP contribution in [0.4, 0.5) is 5.69 Å². The first kappa shape index (κ1) is 21.3. The summed E-state index contributed by atoms with van der Waals surface area (Å²) in [5.74, 6) is -0.212. The van der Waals surface area contributed by atoms with Crippen LogP contribution < -0.4 is 5.32 Å². The summed E-state index contributed by atoms with van der Waals surface area (Å²) in [7, 11) is 1.66. The first-order valence-electron chi connectivity index (χ1n) is 8.47. The number of rotatable bonds is 7. The second kappa shape index (κ2) is 9.37. The molecule has 3 rings (SSSR count). The molecule has 0 aliphatic carbocycles. The summed E-state index contributed by atoms with van der Waals surface area (Å²) < 4.78 is 7.26. The van der Waals surface area contributed by atoms with Crippen LogP contribution in [0.3, 0.4) is 0 Å². The van der Waals surface area contributed by atoms with E-state index in [4.69, 9.17) is 39.5 Å². The van der Waals surface area contributed by atoms with E-state index in [0.29, 0.717) is 33.9 Å². The molecule has 0 saturated carbocycles. The molecule has 0 radical (unpaired) electrons. The Bertz CT molecular complexity index is 1010. The van der Waals surface area contributed by atoms with Crippen LogP contribution in [-0.2, 0) is 16.1 Å². The Morgan fingerprint density at radius 1 is 1.21 bits per heavy atom. The van der Waals surface area contributed by atoms with Crippen molar-refractivity contribution in [3.05, 3.63) is 51.5 Å². The monoisotopic (exact) mass is 457 g/mol. The molecule has 0 spiro atoms. The van der Waals surface area contributed by atoms with Gasteiger partial charge in [-0.15, -0.1) is 0 Å². The molecule has 148 valence electrons. The average Bonchev–Trinajstić information content (AvgIpc) is 3.01. The van der Waals surface area contributed by atoms with Crippen LogP contribution >= 0.6 is 46.6 Å². The van der Waals surface area contributed by atoms with Crippen LogP contribution in [0.25, 0.3) is 11.0 Å². The van der Waals surface area contributed by atoms with Gasteiger partial charge in [0.05, 0.1) is 43.6 Å². The lowest BCUT2D eigenvalue weighted by Gasteiger charge is -2.14. The summed E-state index contributed by atoms with van der Waals surface area (Å²) in [5, 5.41) is 4.12. The number of anilines is 1. The van der Waals surface area contributed by atoms with E-state index in [1.165, 1.54) is 23.9 Å². The highest BCUT2D eigenvalue weighted by Crippen LogP contribution is 2.33. The third-order valence-electron chi connectivity index (χ3n) is 4.06. The Hall–Kier alpha value is -1.44. The second-order valence-corrected chi connectivity index (χ2v) is 8.55. The lowest BCUT2D eigenvalue weighted by atomic mass is 10.3. The van der Waals surface area contributed by atoms with Crippen LogP contribution in [0, 0.1) is 0 Å². The van der Waals surface area contributed by atoms with Gasteiger partial charge in [0.25, 0.3) is 0 Å². The number of imidazole rings is 1. The van der Waals surface area contributed by atoms with Gasteiger partial charge >= 0.3 is 0 Å². The van der Waals surface area contributed by atoms with Gasteiger partial charge in [-0.3, -0.25) is 4.79 Å². The Morgan fingerprint density at radius 2 is 1.93 bits per heavy atom. The maximum absolute atomic E-state index is 12.7. The van der Waals surface area contributed by atoms with Crippen LogP contribution in [-0.4, -0.2) is 34.4 Å². The fourth-order valence-electron chi connectivity index (χ4n) is 2.61. The number of aromatic nitrogens is 2. The van der Waals surface area contributed by atoms with E-state index in [9.17, 15) is 4.79 Å². The third-order valence-corrected chi connectivity index (χ3v) is 6.18. The molecule has 0 saturated heterocycles. The minimum absolute atomic E-state index is 0.212. The number of hydrogen-bond acceptors (Lipinski definition) is 4. The topological polar surface area (TPSA) is 56.1 Å². The van der Waals surface area contributed by atoms with E-state index in [1.54, 1.807) is 7.11 Å². The second-order valence-electron chi connectivity index (χ2n) is 6.02. The van der Waals surface area contributed by atoms with Gasteiger partial charge in [-0.2, -0.15) is 0 Å². The lowest BCUT2D eigenvalue weighted by Crippen LogP contribution is -2.23. The van der Waals surface area contributed by atoms with Crippen molar-refractivity contribution < 1.29 is 9.53 Å². The minimum Gasteiger partial charge on any atom is -0.383 e. The molecule has 5 nitrogen and oxygen atoms in total. The van der Waals surface area contributed by atoms with Gasteiger partial charge in [0, 0.05) is 13.7 Å². The number of nitrogens with zero attached hydrogens (tertiary/aromatic N) is 2. The summed E-state index contributed by atoms with van der Waals surface area (Å²) in [6.45, 7) is 3.01. The van der Waals surface area contributed by atoms with Gasteiger partial charge in [0.2, 0.25) is 5.91 Å². The molecule has 1 heterocycles. The average molecular weight is 459 g/mol. The summed E-state index contributed by atoms with van der Waals surface area (Å²) in [5.41, 5.74) is 2.30. The highest BCUT2D eigenvalue weighted by Gasteiger charge is 2.20. The van der Waals surface area contributed by atoms with Gasteiger partial charge in [-0.25, -0.2) is 4.98 Å². The Morgan fingerprint density at radius 3 is 2.68 bits per heavy atom. The Balaban J connectivity index is 1.79. The number of carbonyl (C=O) groups excluding carboxylic acids is 1. The van der Waals surface area contributed by atoms with Crippen LogP contribution in [0.1, 0.15) is 6.92 Å². The van der Waals surface area contributed by atoms with Gasteiger partial charge in [-0.1, -0.05) is 58.7 Å². The molecule has 0 bridgehead atoms. The van der Waals surface area contributed by atoms with E-state index in [2.05, 4.69) is 14.9 Å². The van der Waals surface area contributed by atoms with Crippen molar-refractivity contribution in [2.45, 2.75) is 23.9 Å². The molecule has 1 unspecified atom stereocenters. The van der Waals surface area contributed by atoms with Crippen molar-refractivity contribution in [3.8, 4) is 0 Å². The Kier molecular flexibility index (Phi) is 7.12. The number of para-hydroxylation sites is 2. The van der Waals surface area contributed by atoms with E-state index in [0.717, 1.165) is 16.2 Å². The molecule has 1 N–H and O–H groups in total. The summed E-state index contributed by atoms with van der Waals surface area (Å²) in [6, 6.07) is 10.9. The number of ether oxygens (including phenoxy) is 1. The van der Waals surface area contributed by atoms with Gasteiger partial charge in [0.1, 0.15) is 0 Å². The molecule has 3 aromatic rings. The highest BCUT2D eigenvalue weighted by molar-refractivity contribution is 8.00. The van der Waals surface area contributed by atoms with Crippen LogP contribution in [0.15, 0.2) is 41.6 Å². The van der Waals surface area contributed by atoms with Crippen LogP contribution in [0.5, 0.6) is 0 Å². The number of hydrogen-bond donors (Lipinski definition) is 1. The molecular formula is C19H18Cl3N3O2S. The first-order valence-corrected chi connectivity index (χ1v) is 10.5. The number of carbonyl (C=O) groups is 1. The number of nitrogens with one attached hydrogen (secondary N) is 1. The first-order chi connectivity index (χ1) is 13.4. The molecule has 1 aromatic heterocycles. The van der Waals surface area contributed by atoms with Crippen molar-refractivity contribution in [1.29, 1.82) is 0 Å². The zero-order valence-corrected chi connectivity index (χ0v) is 18.3. The number of amides is 1. The fourth-order valence-corrected chi connectivity index (χ4v) is 4.15. The Labute approximate surface area is 182 Å². The largest absolute Gasteiger partial charge is 0.383 e. The van der Waals surface area contributed by atoms with Crippen molar-refractivity contribution in [2.24, 2.45) is 0 Å². The van der Waals surface area contributed by atoms with Gasteiger partial charge in [-0.05, 0) is 31.2 Å². The quantitative estimate of drug-likeness (QED) is 0.361. The molecule has 0 aliphatic rings. The van der Waals surface area contributed by atoms with E-state index in [-0.39, 0.29) is 5.91 Å². The molecule has 1 atom stereocenters. The van der Waals surface area contributed by atoms with Crippen molar-refractivity contribution in [1.82, 2.24) is 9.55 Å². The zero-order valence-electron chi connectivity index (χ0n) is 15.2. The third kappa shape index (κ3) is 4.75. The van der Waals surface area contributed by atoms with E-state index < -0.39 is 5.25 Å². The number of benzene rings is 2. The minimum atomic E-state index is -0.413. The molecular weight excluding hydrogens is 441 g/mol. The van der Waals surface area contributed by atoms with Crippen LogP contribution in [0.2, 0.25) is 15.1 Å². The predicted octanol–water partition coefficient (Wildman–Crippen LogP) is 5.76. The van der Waals surface area contributed by atoms with Gasteiger partial charge < -0.3 is 14.6 Å². The molecule has 28 heavy (non-hydrogen) atoms. The standard InChI is InChI=1S/C19H18Cl3N3O2S/c1-11(18(26)23-16-10-13(21)12(20)9-14(16)22)28-19-24-15-5-3-4-6-17(15)25(19)7-8-27-2/h3-6,9-11H,7-8H2,1-2H3,(H,23,26). The van der Waals surface area contributed by atoms with E-state index in [1.807, 2.05) is 31.2 Å². The van der Waals surface area contributed by atoms with E-state index >= 15 is 0 Å². The smallest absolute Gasteiger partial charge is 0.237 e. The zero-order chi connectivity index (χ0) is 20.3. The van der Waals surface area contributed by atoms with Crippen molar-refractivity contribution in [2.75, 3.05) is 19.0 Å². The molecule has 1 amide bonds. The summed E-state index contributed by atoms with van der Waals surface area (Å²) in [4.78, 5) is 17.3. The number of methoxy groups -OCH3 is 1. The van der Waals surface area contributed by atoms with Crippen molar-refractivity contribution >= 4 is 69.2 Å².